The highest BCUT2D eigenvalue weighted by Gasteiger charge is 2.55. The van der Waals surface area contributed by atoms with Crippen molar-refractivity contribution in [2.45, 2.75) is 214 Å². The summed E-state index contributed by atoms with van der Waals surface area (Å²) in [5, 5.41) is 24.0. The molecule has 0 aromatic carbocycles. The van der Waals surface area contributed by atoms with Gasteiger partial charge in [0, 0.05) is 16.6 Å². The van der Waals surface area contributed by atoms with Gasteiger partial charge in [-0.15, -0.1) is 19.7 Å². The lowest BCUT2D eigenvalue weighted by atomic mass is 9.58. The zero-order chi connectivity index (χ0) is 45.1. The van der Waals surface area contributed by atoms with Crippen LogP contribution in [-0.4, -0.2) is 67.8 Å². The summed E-state index contributed by atoms with van der Waals surface area (Å²) in [5.74, 6) is 2.94. The number of anilines is 3. The molecule has 1 aromatic rings. The van der Waals surface area contributed by atoms with Gasteiger partial charge < -0.3 is 31.9 Å². The smallest absolute Gasteiger partial charge is 0.229 e. The lowest BCUT2D eigenvalue weighted by Crippen LogP contribution is -2.62. The third-order valence-electron chi connectivity index (χ3n) is 17.0. The van der Waals surface area contributed by atoms with E-state index in [1.54, 1.807) is 0 Å². The Morgan fingerprint density at radius 2 is 0.733 bits per heavy atom. The molecule has 60 heavy (non-hydrogen) atoms. The third kappa shape index (κ3) is 10.3. The number of rotatable bonds is 21. The zero-order valence-electron chi connectivity index (χ0n) is 41.5. The summed E-state index contributed by atoms with van der Waals surface area (Å²) < 4.78 is 0. The number of piperidine rings is 3. The first-order valence-corrected chi connectivity index (χ1v) is 24.0. The first-order valence-electron chi connectivity index (χ1n) is 24.0. The molecule has 3 aliphatic rings. The SMILES string of the molecule is C=CCC(Nc1nc(NC(CC=C)(C2CCNC(C)(C)C2)C(C)(C)CC)nc(NC(CC=C)(C2CCNC(C)(C)C2)C(C)(C)CC)n1)(C1CCNC(C)(C)C1)C(C)(C)CC. The molecule has 342 valence electrons. The molecule has 6 unspecified atom stereocenters. The Morgan fingerprint density at radius 1 is 0.500 bits per heavy atom. The summed E-state index contributed by atoms with van der Waals surface area (Å²) in [6, 6.07) is 0. The highest BCUT2D eigenvalue weighted by atomic mass is 15.3. The van der Waals surface area contributed by atoms with Gasteiger partial charge in [0.1, 0.15) is 0 Å². The molecular weight excluding hydrogens is 739 g/mol. The highest BCUT2D eigenvalue weighted by Crippen LogP contribution is 2.53. The molecule has 0 bridgehead atoms. The van der Waals surface area contributed by atoms with E-state index in [2.05, 4.69) is 174 Å². The highest BCUT2D eigenvalue weighted by molar-refractivity contribution is 5.49. The van der Waals surface area contributed by atoms with Crippen molar-refractivity contribution in [3.8, 4) is 0 Å². The topological polar surface area (TPSA) is 111 Å². The van der Waals surface area contributed by atoms with Crippen molar-refractivity contribution in [2.24, 2.45) is 34.0 Å². The van der Waals surface area contributed by atoms with Crippen molar-refractivity contribution in [3.05, 3.63) is 38.0 Å². The second-order valence-corrected chi connectivity index (χ2v) is 23.3. The molecule has 0 radical (unpaired) electrons. The van der Waals surface area contributed by atoms with Crippen molar-refractivity contribution in [2.75, 3.05) is 35.6 Å². The molecule has 0 spiro atoms. The van der Waals surface area contributed by atoms with Crippen molar-refractivity contribution >= 4 is 17.8 Å². The molecule has 9 heteroatoms. The molecule has 6 atom stereocenters. The van der Waals surface area contributed by atoms with E-state index in [1.807, 2.05) is 0 Å². The van der Waals surface area contributed by atoms with Gasteiger partial charge in [-0.25, -0.2) is 0 Å². The van der Waals surface area contributed by atoms with Crippen LogP contribution in [0.15, 0.2) is 38.0 Å². The second kappa shape index (κ2) is 18.7. The molecule has 4 rings (SSSR count). The molecule has 3 aliphatic heterocycles. The fourth-order valence-electron chi connectivity index (χ4n) is 12.1. The van der Waals surface area contributed by atoms with Crippen LogP contribution in [-0.2, 0) is 0 Å². The van der Waals surface area contributed by atoms with E-state index >= 15 is 0 Å². The molecular formula is C51H93N9. The van der Waals surface area contributed by atoms with Gasteiger partial charge in [0.15, 0.2) is 0 Å². The van der Waals surface area contributed by atoms with E-state index in [1.165, 1.54) is 0 Å². The molecule has 0 aliphatic carbocycles. The largest absolute Gasteiger partial charge is 0.347 e. The van der Waals surface area contributed by atoms with Gasteiger partial charge in [-0.05, 0) is 172 Å². The van der Waals surface area contributed by atoms with E-state index in [4.69, 9.17) is 15.0 Å². The average molecular weight is 832 g/mol. The minimum absolute atomic E-state index is 0.0106. The van der Waals surface area contributed by atoms with Crippen LogP contribution in [0.5, 0.6) is 0 Å². The van der Waals surface area contributed by atoms with Crippen LogP contribution in [0.1, 0.15) is 181 Å². The van der Waals surface area contributed by atoms with Gasteiger partial charge >= 0.3 is 0 Å². The van der Waals surface area contributed by atoms with Gasteiger partial charge in [-0.1, -0.05) is 80.5 Å². The Labute approximate surface area is 369 Å². The predicted molar refractivity (Wildman–Crippen MR) is 260 cm³/mol. The van der Waals surface area contributed by atoms with Crippen molar-refractivity contribution in [3.63, 3.8) is 0 Å². The Hall–Kier alpha value is -2.49. The monoisotopic (exact) mass is 832 g/mol. The lowest BCUT2D eigenvalue weighted by Gasteiger charge is -2.56. The van der Waals surface area contributed by atoms with Crippen LogP contribution >= 0.6 is 0 Å². The van der Waals surface area contributed by atoms with E-state index in [0.717, 1.165) is 96.7 Å². The average Bonchev–Trinajstić information content (AvgIpc) is 3.15. The van der Waals surface area contributed by atoms with Gasteiger partial charge in [0.05, 0.1) is 16.6 Å². The standard InChI is InChI=1S/C51H93N9/c1-19-28-49(43(7,8)22-4,37-25-31-52-46(13,14)34-37)58-40-55-41(59-50(29-20-2,44(9,10)23-5)38-26-32-53-47(15,16)35-38)57-42(56-40)60-51(30-21-3,45(11,12)24-6)39-27-33-54-48(17,18)36-39/h19-21,37-39,52-54H,1-3,22-36H2,4-18H3,(H3,55,56,57,58,59,60). The van der Waals surface area contributed by atoms with E-state index in [9.17, 15) is 0 Å². The Bertz CT molecular complexity index is 1410. The number of aromatic nitrogens is 3. The molecule has 0 saturated carbocycles. The van der Waals surface area contributed by atoms with E-state index in [-0.39, 0.29) is 49.5 Å². The molecule has 3 saturated heterocycles. The molecule has 4 heterocycles. The first-order chi connectivity index (χ1) is 27.8. The molecule has 1 aromatic heterocycles. The maximum Gasteiger partial charge on any atom is 0.229 e. The maximum absolute atomic E-state index is 5.51. The number of nitrogens with one attached hydrogen (secondary N) is 6. The second-order valence-electron chi connectivity index (χ2n) is 23.3. The van der Waals surface area contributed by atoms with Crippen LogP contribution in [0, 0.1) is 34.0 Å². The summed E-state index contributed by atoms with van der Waals surface area (Å²) in [6.07, 6.45) is 18.0. The zero-order valence-corrected chi connectivity index (χ0v) is 41.5. The first kappa shape index (κ1) is 50.2. The van der Waals surface area contributed by atoms with Gasteiger partial charge in [-0.3, -0.25) is 0 Å². The van der Waals surface area contributed by atoms with E-state index in [0.29, 0.717) is 35.6 Å². The van der Waals surface area contributed by atoms with Crippen molar-refractivity contribution in [1.29, 1.82) is 0 Å². The van der Waals surface area contributed by atoms with Gasteiger partial charge in [0.25, 0.3) is 0 Å². The third-order valence-corrected chi connectivity index (χ3v) is 17.0. The molecule has 6 N–H and O–H groups in total. The van der Waals surface area contributed by atoms with Crippen LogP contribution < -0.4 is 31.9 Å². The van der Waals surface area contributed by atoms with Crippen molar-refractivity contribution < 1.29 is 0 Å². The van der Waals surface area contributed by atoms with Crippen molar-refractivity contribution in [1.82, 2.24) is 30.9 Å². The summed E-state index contributed by atoms with van der Waals surface area (Å²) in [4.78, 5) is 16.5. The fourth-order valence-corrected chi connectivity index (χ4v) is 12.1. The number of nitrogens with zero attached hydrogens (tertiary/aromatic N) is 3. The minimum Gasteiger partial charge on any atom is -0.347 e. The quantitative estimate of drug-likeness (QED) is 0.0675. The number of hydrogen-bond acceptors (Lipinski definition) is 9. The normalized spacial score (nSPS) is 26.4. The Morgan fingerprint density at radius 3 is 0.917 bits per heavy atom. The molecule has 3 fully saturated rings. The minimum atomic E-state index is -0.362. The van der Waals surface area contributed by atoms with Gasteiger partial charge in [0.2, 0.25) is 17.8 Å². The summed E-state index contributed by atoms with van der Waals surface area (Å²) >= 11 is 0. The lowest BCUT2D eigenvalue weighted by molar-refractivity contribution is 0.0623. The van der Waals surface area contributed by atoms with Crippen LogP contribution in [0.25, 0.3) is 0 Å². The Kier molecular flexibility index (Phi) is 15.6. The summed E-state index contributed by atoms with van der Waals surface area (Å²) in [7, 11) is 0. The fraction of sp³-hybridized carbons (Fsp3) is 0.824. The maximum atomic E-state index is 5.51. The van der Waals surface area contributed by atoms with Crippen LogP contribution in [0.3, 0.4) is 0 Å². The molecule has 0 amide bonds. The van der Waals surface area contributed by atoms with Crippen LogP contribution in [0.4, 0.5) is 17.8 Å². The summed E-state index contributed by atoms with van der Waals surface area (Å²) in [5.41, 5.74) is -1.38. The van der Waals surface area contributed by atoms with Crippen LogP contribution in [0.2, 0.25) is 0 Å². The summed E-state index contributed by atoms with van der Waals surface area (Å²) in [6.45, 7) is 51.6. The Balaban J connectivity index is 2.06. The molecule has 9 nitrogen and oxygen atoms in total. The predicted octanol–water partition coefficient (Wildman–Crippen LogP) is 11.7. The number of hydrogen-bond donors (Lipinski definition) is 6. The van der Waals surface area contributed by atoms with E-state index < -0.39 is 0 Å². The van der Waals surface area contributed by atoms with Gasteiger partial charge in [-0.2, -0.15) is 15.0 Å².